The third kappa shape index (κ3) is 8.03. The Morgan fingerprint density at radius 1 is 1.05 bits per heavy atom. The number of amides is 4. The van der Waals surface area contributed by atoms with Gasteiger partial charge in [0.1, 0.15) is 45.9 Å². The number of hydrogen-bond donors (Lipinski definition) is 3. The van der Waals surface area contributed by atoms with Crippen LogP contribution in [0.4, 0.5) is 4.79 Å². The van der Waals surface area contributed by atoms with Crippen molar-refractivity contribution in [3.05, 3.63) is 48.5 Å². The molecule has 3 N–H and O–H groups in total. The number of carbonyl (C=O) groups is 4. The number of hydrogen-bond acceptors (Lipinski definition) is 12. The lowest BCUT2D eigenvalue weighted by Gasteiger charge is -2.35. The van der Waals surface area contributed by atoms with Gasteiger partial charge in [0.05, 0.1) is 18.4 Å². The Balaban J connectivity index is 1.21. The second-order valence-corrected chi connectivity index (χ2v) is 19.0. The van der Waals surface area contributed by atoms with Crippen molar-refractivity contribution in [3.8, 4) is 27.7 Å². The van der Waals surface area contributed by atoms with E-state index in [9.17, 15) is 27.6 Å². The SMILES string of the molecule is C=C[C@@H]1C[C@@]1(NC(=O)[C@@H]1C[C@@H](n2nc(-c3ccc(OC)cc3)c(-c3nccs3)n2)CN1C(=O)[C@H](NC(=O)OC1CCCC1)C(C)(C)C)C(=O)NS(=O)(=O)C1CC1. The van der Waals surface area contributed by atoms with Gasteiger partial charge in [-0.1, -0.05) is 26.8 Å². The minimum Gasteiger partial charge on any atom is -0.497 e. The van der Waals surface area contributed by atoms with Crippen molar-refractivity contribution in [1.82, 2.24) is 40.2 Å². The molecular weight excluding hydrogens is 761 g/mol. The van der Waals surface area contributed by atoms with Gasteiger partial charge in [-0.25, -0.2) is 18.2 Å². The summed E-state index contributed by atoms with van der Waals surface area (Å²) in [7, 11) is -2.33. The number of benzene rings is 1. The van der Waals surface area contributed by atoms with Gasteiger partial charge < -0.3 is 25.0 Å². The van der Waals surface area contributed by atoms with Crippen molar-refractivity contribution in [2.45, 2.75) is 107 Å². The van der Waals surface area contributed by atoms with Crippen LogP contribution in [0.2, 0.25) is 0 Å². The maximum atomic E-state index is 14.7. The summed E-state index contributed by atoms with van der Waals surface area (Å²) < 4.78 is 38.7. The highest BCUT2D eigenvalue weighted by atomic mass is 32.2. The molecule has 4 aliphatic rings. The molecule has 1 aliphatic heterocycles. The molecule has 4 amide bonds. The zero-order chi connectivity index (χ0) is 40.0. The summed E-state index contributed by atoms with van der Waals surface area (Å²) in [6.07, 6.45) is 6.73. The number of nitrogens with zero attached hydrogens (tertiary/aromatic N) is 5. The number of sulfonamides is 1. The summed E-state index contributed by atoms with van der Waals surface area (Å²) >= 11 is 1.39. The number of rotatable bonds is 13. The summed E-state index contributed by atoms with van der Waals surface area (Å²) in [6.45, 7) is 9.21. The van der Waals surface area contributed by atoms with Crippen LogP contribution in [0.5, 0.6) is 5.75 Å². The highest BCUT2D eigenvalue weighted by Gasteiger charge is 2.62. The highest BCUT2D eigenvalue weighted by molar-refractivity contribution is 7.91. The van der Waals surface area contributed by atoms with Crippen molar-refractivity contribution in [3.63, 3.8) is 0 Å². The third-order valence-electron chi connectivity index (χ3n) is 11.0. The fourth-order valence-corrected chi connectivity index (χ4v) is 9.51. The van der Waals surface area contributed by atoms with Gasteiger partial charge in [0.2, 0.25) is 21.8 Å². The summed E-state index contributed by atoms with van der Waals surface area (Å²) in [6, 6.07) is 4.46. The number of methoxy groups -OCH3 is 1. The van der Waals surface area contributed by atoms with Gasteiger partial charge in [-0.2, -0.15) is 9.90 Å². The van der Waals surface area contributed by atoms with Crippen molar-refractivity contribution >= 4 is 45.2 Å². The quantitative estimate of drug-likeness (QED) is 0.211. The monoisotopic (exact) mass is 808 g/mol. The van der Waals surface area contributed by atoms with Crippen molar-refractivity contribution in [2.75, 3.05) is 13.7 Å². The van der Waals surface area contributed by atoms with Gasteiger partial charge in [0.25, 0.3) is 5.91 Å². The van der Waals surface area contributed by atoms with Crippen molar-refractivity contribution in [2.24, 2.45) is 11.3 Å². The van der Waals surface area contributed by atoms with Crippen LogP contribution in [0.1, 0.15) is 78.2 Å². The van der Waals surface area contributed by atoms with Gasteiger partial charge in [0.15, 0.2) is 0 Å². The third-order valence-corrected chi connectivity index (χ3v) is 13.6. The number of nitrogens with one attached hydrogen (secondary N) is 3. The molecule has 5 atom stereocenters. The molecule has 0 bridgehead atoms. The van der Waals surface area contributed by atoms with E-state index in [0.29, 0.717) is 35.0 Å². The van der Waals surface area contributed by atoms with Crippen LogP contribution in [-0.4, -0.2) is 99.7 Å². The smallest absolute Gasteiger partial charge is 0.408 e. The van der Waals surface area contributed by atoms with Gasteiger partial charge in [-0.3, -0.25) is 19.1 Å². The predicted molar refractivity (Wildman–Crippen MR) is 207 cm³/mol. The van der Waals surface area contributed by atoms with Gasteiger partial charge in [0, 0.05) is 36.0 Å². The maximum Gasteiger partial charge on any atom is 0.408 e. The van der Waals surface area contributed by atoms with Crippen LogP contribution in [-0.2, 0) is 29.1 Å². The molecule has 16 nitrogen and oxygen atoms in total. The second-order valence-electron chi connectivity index (χ2n) is 16.1. The van der Waals surface area contributed by atoms with Gasteiger partial charge in [-0.15, -0.1) is 23.0 Å². The predicted octanol–water partition coefficient (Wildman–Crippen LogP) is 3.97. The maximum absolute atomic E-state index is 14.7. The zero-order valence-electron chi connectivity index (χ0n) is 31.9. The molecule has 0 radical (unpaired) electrons. The molecule has 3 aliphatic carbocycles. The van der Waals surface area contributed by atoms with E-state index in [-0.39, 0.29) is 25.5 Å². The van der Waals surface area contributed by atoms with Crippen LogP contribution >= 0.6 is 11.3 Å². The summed E-state index contributed by atoms with van der Waals surface area (Å²) in [5.74, 6) is -1.90. The largest absolute Gasteiger partial charge is 0.497 e. The normalized spacial score (nSPS) is 24.3. The van der Waals surface area contributed by atoms with E-state index in [1.165, 1.54) is 27.1 Å². The molecule has 4 fully saturated rings. The molecule has 56 heavy (non-hydrogen) atoms. The molecule has 7 rings (SSSR count). The molecule has 1 saturated heterocycles. The molecule has 0 spiro atoms. The van der Waals surface area contributed by atoms with E-state index >= 15 is 0 Å². The van der Waals surface area contributed by atoms with E-state index < -0.39 is 74.1 Å². The van der Waals surface area contributed by atoms with Crippen molar-refractivity contribution < 1.29 is 37.1 Å². The Hall–Kier alpha value is -4.84. The van der Waals surface area contributed by atoms with Crippen LogP contribution in [0, 0.1) is 11.3 Å². The average molecular weight is 809 g/mol. The first-order valence-electron chi connectivity index (χ1n) is 18.9. The molecule has 3 saturated carbocycles. The first kappa shape index (κ1) is 39.4. The molecule has 18 heteroatoms. The fraction of sp³-hybridized carbons (Fsp3) is 0.553. The number of likely N-dealkylation sites (tertiary alicyclic amines) is 1. The van der Waals surface area contributed by atoms with E-state index in [4.69, 9.17) is 19.7 Å². The summed E-state index contributed by atoms with van der Waals surface area (Å²) in [5.41, 5.74) is -0.574. The number of alkyl carbamates (subject to hydrolysis) is 1. The molecule has 1 aromatic carbocycles. The average Bonchev–Trinajstić information content (AvgIpc) is 3.74. The lowest BCUT2D eigenvalue weighted by Crippen LogP contribution is -2.60. The molecule has 0 unspecified atom stereocenters. The lowest BCUT2D eigenvalue weighted by molar-refractivity contribution is -0.142. The highest BCUT2D eigenvalue weighted by Crippen LogP contribution is 2.46. The Bertz CT molecular complexity index is 2090. The lowest BCUT2D eigenvalue weighted by atomic mass is 9.85. The topological polar surface area (TPSA) is 204 Å². The zero-order valence-corrected chi connectivity index (χ0v) is 33.5. The minimum atomic E-state index is -3.91. The number of ether oxygens (including phenoxy) is 2. The van der Waals surface area contributed by atoms with Crippen LogP contribution in [0.15, 0.2) is 48.5 Å². The first-order chi connectivity index (χ1) is 26.6. The Kier molecular flexibility index (Phi) is 10.7. The molecule has 300 valence electrons. The standard InChI is InChI=1S/C38H48N8O8S2/c1-6-23-20-38(23,35(49)44-56(51,52)27-15-16-27)41-32(47)28-19-24(21-45(28)34(48)31(37(2,3)4)40-36(50)54-26-9-7-8-10-26)46-42-29(22-11-13-25(53-5)14-12-22)30(43-46)33-39-17-18-55-33/h6,11-14,17-18,23-24,26-28,31H,1,7-10,15-16,19-21H2,2-5H3,(H,40,50)(H,41,47)(H,44,49)/t23-,24-,28+,31+,38+/m1/s1. The minimum absolute atomic E-state index is 0.0168. The van der Waals surface area contributed by atoms with E-state index in [2.05, 4.69) is 26.9 Å². The molecular formula is C38H48N8O8S2. The number of thiazole rings is 1. The van der Waals surface area contributed by atoms with Gasteiger partial charge >= 0.3 is 6.09 Å². The molecule has 2 aromatic heterocycles. The van der Waals surface area contributed by atoms with Crippen LogP contribution < -0.4 is 20.1 Å². The van der Waals surface area contributed by atoms with Gasteiger partial charge in [-0.05, 0) is 74.6 Å². The second kappa shape index (κ2) is 15.2. The van der Waals surface area contributed by atoms with E-state index in [1.54, 1.807) is 13.3 Å². The van der Waals surface area contributed by atoms with Crippen LogP contribution in [0.25, 0.3) is 22.0 Å². The summed E-state index contributed by atoms with van der Waals surface area (Å²) in [4.78, 5) is 63.4. The Morgan fingerprint density at radius 3 is 2.34 bits per heavy atom. The van der Waals surface area contributed by atoms with Crippen molar-refractivity contribution in [1.29, 1.82) is 0 Å². The first-order valence-corrected chi connectivity index (χ1v) is 21.4. The Labute approximate surface area is 329 Å². The number of carbonyl (C=O) groups excluding carboxylic acids is 4. The van der Waals surface area contributed by atoms with E-state index in [1.807, 2.05) is 50.4 Å². The van der Waals surface area contributed by atoms with E-state index in [0.717, 1.165) is 31.2 Å². The fourth-order valence-electron chi connectivity index (χ4n) is 7.53. The Morgan fingerprint density at radius 2 is 1.75 bits per heavy atom. The molecule has 3 aromatic rings. The van der Waals surface area contributed by atoms with Crippen LogP contribution in [0.3, 0.4) is 0 Å². The molecule has 3 heterocycles. The number of aromatic nitrogens is 4. The summed E-state index contributed by atoms with van der Waals surface area (Å²) in [5, 5.41) is 17.2.